The Labute approximate surface area is 180 Å². The number of amides is 3. The smallest absolute Gasteiger partial charge is 0.323 e. The van der Waals surface area contributed by atoms with Crippen molar-refractivity contribution < 1.29 is 18.0 Å². The number of benzene rings is 2. The molecular weight excluding hydrogens is 426 g/mol. The molecule has 0 bridgehead atoms. The van der Waals surface area contributed by atoms with Gasteiger partial charge in [-0.15, -0.1) is 0 Å². The number of carbonyl (C=O) groups is 2. The van der Waals surface area contributed by atoms with Gasteiger partial charge in [0.15, 0.2) is 0 Å². The molecule has 158 valence electrons. The Morgan fingerprint density at radius 2 is 1.60 bits per heavy atom. The molecule has 4 rings (SSSR count). The van der Waals surface area contributed by atoms with E-state index in [1.165, 1.54) is 9.21 Å². The normalized spacial score (nSPS) is 19.3. The van der Waals surface area contributed by atoms with Gasteiger partial charge in [-0.25, -0.2) is 13.2 Å². The Hall–Kier alpha value is -2.42. The summed E-state index contributed by atoms with van der Waals surface area (Å²) in [5.74, 6) is -0.310. The predicted molar refractivity (Wildman–Crippen MR) is 112 cm³/mol. The SMILES string of the molecule is Cc1ccc(S(=O)(=O)N2CCC3(CC2)NC(=O)N(Cc2ccc(Cl)cc2)C3=O)cc1. The van der Waals surface area contributed by atoms with Crippen LogP contribution in [0.25, 0.3) is 0 Å². The maximum Gasteiger partial charge on any atom is 0.325 e. The molecule has 3 amide bonds. The Bertz CT molecular complexity index is 1080. The number of hydrogen-bond donors (Lipinski definition) is 1. The van der Waals surface area contributed by atoms with Gasteiger partial charge in [-0.2, -0.15) is 4.31 Å². The Morgan fingerprint density at radius 3 is 2.20 bits per heavy atom. The lowest BCUT2D eigenvalue weighted by Crippen LogP contribution is -2.55. The van der Waals surface area contributed by atoms with Crippen molar-refractivity contribution in [3.8, 4) is 0 Å². The number of nitrogens with one attached hydrogen (secondary N) is 1. The zero-order valence-electron chi connectivity index (χ0n) is 16.5. The van der Waals surface area contributed by atoms with Crippen LogP contribution in [-0.4, -0.2) is 48.2 Å². The number of piperidine rings is 1. The highest BCUT2D eigenvalue weighted by Gasteiger charge is 2.53. The van der Waals surface area contributed by atoms with Crippen molar-refractivity contribution in [2.24, 2.45) is 0 Å². The number of carbonyl (C=O) groups excluding carboxylic acids is 2. The van der Waals surface area contributed by atoms with Gasteiger partial charge in [-0.3, -0.25) is 9.69 Å². The third-order valence-electron chi connectivity index (χ3n) is 5.73. The summed E-state index contributed by atoms with van der Waals surface area (Å²) < 4.78 is 27.2. The van der Waals surface area contributed by atoms with E-state index in [0.29, 0.717) is 5.02 Å². The van der Waals surface area contributed by atoms with Gasteiger partial charge in [0.25, 0.3) is 5.91 Å². The van der Waals surface area contributed by atoms with E-state index < -0.39 is 21.6 Å². The third-order valence-corrected chi connectivity index (χ3v) is 7.90. The van der Waals surface area contributed by atoms with Crippen LogP contribution in [-0.2, 0) is 21.4 Å². The lowest BCUT2D eigenvalue weighted by molar-refractivity contribution is -0.133. The van der Waals surface area contributed by atoms with E-state index in [-0.39, 0.29) is 43.3 Å². The Kier molecular flexibility index (Phi) is 5.34. The van der Waals surface area contributed by atoms with E-state index in [2.05, 4.69) is 5.32 Å². The number of sulfonamides is 1. The Balaban J connectivity index is 1.47. The van der Waals surface area contributed by atoms with Crippen molar-refractivity contribution in [3.63, 3.8) is 0 Å². The van der Waals surface area contributed by atoms with Gasteiger partial charge in [0, 0.05) is 18.1 Å². The summed E-state index contributed by atoms with van der Waals surface area (Å²) in [5, 5.41) is 3.39. The fourth-order valence-electron chi connectivity index (χ4n) is 3.90. The fraction of sp³-hybridized carbons (Fsp3) is 0.333. The van der Waals surface area contributed by atoms with E-state index >= 15 is 0 Å². The predicted octanol–water partition coefficient (Wildman–Crippen LogP) is 2.92. The van der Waals surface area contributed by atoms with Gasteiger partial charge in [0.2, 0.25) is 10.0 Å². The first kappa shape index (κ1) is 20.8. The highest BCUT2D eigenvalue weighted by Crippen LogP contribution is 2.32. The molecule has 1 spiro atoms. The number of urea groups is 1. The summed E-state index contributed by atoms with van der Waals surface area (Å²) in [5.41, 5.74) is 0.717. The van der Waals surface area contributed by atoms with Gasteiger partial charge in [0.1, 0.15) is 5.54 Å². The zero-order valence-corrected chi connectivity index (χ0v) is 18.0. The summed E-state index contributed by atoms with van der Waals surface area (Å²) in [4.78, 5) is 27.0. The Morgan fingerprint density at radius 1 is 1.00 bits per heavy atom. The molecule has 2 aromatic carbocycles. The topological polar surface area (TPSA) is 86.8 Å². The number of imide groups is 1. The largest absolute Gasteiger partial charge is 0.325 e. The minimum absolute atomic E-state index is 0.148. The number of rotatable bonds is 4. The number of nitrogens with zero attached hydrogens (tertiary/aromatic N) is 2. The van der Waals surface area contributed by atoms with Crippen LogP contribution in [0.5, 0.6) is 0 Å². The minimum Gasteiger partial charge on any atom is -0.323 e. The van der Waals surface area contributed by atoms with Crippen LogP contribution in [0.1, 0.15) is 24.0 Å². The molecule has 0 radical (unpaired) electrons. The van der Waals surface area contributed by atoms with Crippen LogP contribution in [0, 0.1) is 6.92 Å². The first-order chi connectivity index (χ1) is 14.2. The fourth-order valence-corrected chi connectivity index (χ4v) is 5.47. The summed E-state index contributed by atoms with van der Waals surface area (Å²) in [6, 6.07) is 13.2. The van der Waals surface area contributed by atoms with Crippen molar-refractivity contribution in [2.75, 3.05) is 13.1 Å². The molecule has 7 nitrogen and oxygen atoms in total. The molecule has 0 aliphatic carbocycles. The van der Waals surface area contributed by atoms with Gasteiger partial charge in [-0.1, -0.05) is 41.4 Å². The summed E-state index contributed by atoms with van der Waals surface area (Å²) in [6.07, 6.45) is 0.472. The minimum atomic E-state index is -3.64. The van der Waals surface area contributed by atoms with Crippen molar-refractivity contribution in [2.45, 2.75) is 36.7 Å². The third kappa shape index (κ3) is 3.71. The van der Waals surface area contributed by atoms with Gasteiger partial charge < -0.3 is 5.32 Å². The lowest BCUT2D eigenvalue weighted by atomic mass is 9.88. The standard InChI is InChI=1S/C21H22ClN3O4S/c1-15-2-8-18(9-3-15)30(28,29)24-12-10-21(11-13-24)19(26)25(20(27)23-21)14-16-4-6-17(22)7-5-16/h2-9H,10-14H2,1H3,(H,23,27). The molecule has 2 aromatic rings. The summed E-state index contributed by atoms with van der Waals surface area (Å²) >= 11 is 5.89. The lowest BCUT2D eigenvalue weighted by Gasteiger charge is -2.36. The molecular formula is C21H22ClN3O4S. The molecule has 0 aromatic heterocycles. The van der Waals surface area contributed by atoms with E-state index in [0.717, 1.165) is 11.1 Å². The number of hydrogen-bond acceptors (Lipinski definition) is 4. The second-order valence-corrected chi connectivity index (χ2v) is 10.1. The van der Waals surface area contributed by atoms with Crippen molar-refractivity contribution in [1.29, 1.82) is 0 Å². The molecule has 30 heavy (non-hydrogen) atoms. The molecule has 2 saturated heterocycles. The van der Waals surface area contributed by atoms with Crippen LogP contribution in [0.4, 0.5) is 4.79 Å². The maximum atomic E-state index is 13.1. The summed E-state index contributed by atoms with van der Waals surface area (Å²) in [7, 11) is -3.64. The van der Waals surface area contributed by atoms with Crippen molar-refractivity contribution in [3.05, 3.63) is 64.7 Å². The summed E-state index contributed by atoms with van der Waals surface area (Å²) in [6.45, 7) is 2.37. The molecule has 2 aliphatic heterocycles. The van der Waals surface area contributed by atoms with Gasteiger partial charge in [-0.05, 0) is 49.6 Å². The van der Waals surface area contributed by atoms with E-state index in [1.54, 1.807) is 48.5 Å². The van der Waals surface area contributed by atoms with Crippen LogP contribution in [0.15, 0.2) is 53.4 Å². The van der Waals surface area contributed by atoms with Crippen LogP contribution in [0.3, 0.4) is 0 Å². The quantitative estimate of drug-likeness (QED) is 0.730. The molecule has 2 aliphatic rings. The molecule has 0 unspecified atom stereocenters. The monoisotopic (exact) mass is 447 g/mol. The molecule has 0 atom stereocenters. The molecule has 2 fully saturated rings. The van der Waals surface area contributed by atoms with Crippen LogP contribution >= 0.6 is 11.6 Å². The zero-order chi connectivity index (χ0) is 21.5. The molecule has 2 heterocycles. The van der Waals surface area contributed by atoms with Gasteiger partial charge >= 0.3 is 6.03 Å². The molecule has 9 heteroatoms. The van der Waals surface area contributed by atoms with Gasteiger partial charge in [0.05, 0.1) is 11.4 Å². The highest BCUT2D eigenvalue weighted by molar-refractivity contribution is 7.89. The first-order valence-corrected chi connectivity index (χ1v) is 11.5. The number of aryl methyl sites for hydroxylation is 1. The molecule has 0 saturated carbocycles. The average molecular weight is 448 g/mol. The van der Waals surface area contributed by atoms with E-state index in [9.17, 15) is 18.0 Å². The first-order valence-electron chi connectivity index (χ1n) is 9.67. The highest BCUT2D eigenvalue weighted by atomic mass is 35.5. The van der Waals surface area contributed by atoms with E-state index in [4.69, 9.17) is 11.6 Å². The maximum absolute atomic E-state index is 13.1. The second kappa shape index (κ2) is 7.68. The van der Waals surface area contributed by atoms with E-state index in [1.807, 2.05) is 6.92 Å². The average Bonchev–Trinajstić information content (AvgIpc) is 2.94. The second-order valence-electron chi connectivity index (χ2n) is 7.75. The van der Waals surface area contributed by atoms with Crippen molar-refractivity contribution >= 4 is 33.6 Å². The van der Waals surface area contributed by atoms with Crippen LogP contribution < -0.4 is 5.32 Å². The van der Waals surface area contributed by atoms with Crippen molar-refractivity contribution in [1.82, 2.24) is 14.5 Å². The number of halogens is 1. The molecule has 1 N–H and O–H groups in total. The van der Waals surface area contributed by atoms with Crippen LogP contribution in [0.2, 0.25) is 5.02 Å².